The Bertz CT molecular complexity index is 356. The minimum atomic E-state index is -0.0485. The van der Waals surface area contributed by atoms with Crippen molar-refractivity contribution in [2.24, 2.45) is 4.99 Å². The molecule has 0 fully saturated rings. The van der Waals surface area contributed by atoms with E-state index >= 15 is 0 Å². The smallest absolute Gasteiger partial charge is 0.106 e. The zero-order chi connectivity index (χ0) is 10.8. The molecule has 0 saturated heterocycles. The highest BCUT2D eigenvalue weighted by molar-refractivity contribution is 14.1. The van der Waals surface area contributed by atoms with Gasteiger partial charge < -0.3 is 0 Å². The molecule has 1 rings (SSSR count). The molecule has 14 heavy (non-hydrogen) atoms. The molecule has 0 aliphatic carbocycles. The monoisotopic (exact) mass is 366 g/mol. The van der Waals surface area contributed by atoms with Crippen molar-refractivity contribution in [2.45, 2.75) is 26.3 Å². The molecule has 0 aliphatic heterocycles. The molecule has 0 bridgehead atoms. The van der Waals surface area contributed by atoms with Crippen LogP contribution >= 0.6 is 38.5 Å². The van der Waals surface area contributed by atoms with Gasteiger partial charge in [-0.05, 0) is 71.4 Å². The van der Waals surface area contributed by atoms with E-state index < -0.39 is 0 Å². The lowest BCUT2D eigenvalue weighted by Crippen LogP contribution is -2.10. The second-order valence-corrected chi connectivity index (χ2v) is 5.90. The van der Waals surface area contributed by atoms with Gasteiger partial charge in [-0.15, -0.1) is 0 Å². The molecule has 4 heteroatoms. The van der Waals surface area contributed by atoms with Crippen LogP contribution in [-0.2, 0) is 0 Å². The summed E-state index contributed by atoms with van der Waals surface area (Å²) < 4.78 is 1.95. The Hall–Kier alpha value is 0.0300. The first-order valence-corrected chi connectivity index (χ1v) is 6.13. The predicted octanol–water partition coefficient (Wildman–Crippen LogP) is 3.67. The highest BCUT2D eigenvalue weighted by atomic mass is 127. The van der Waals surface area contributed by atoms with Crippen molar-refractivity contribution in [3.8, 4) is 0 Å². The maximum atomic E-state index is 4.42. The molecule has 0 saturated carbocycles. The molecule has 0 aliphatic rings. The average molecular weight is 367 g/mol. The van der Waals surface area contributed by atoms with E-state index in [9.17, 15) is 0 Å². The third-order valence-corrected chi connectivity index (χ3v) is 2.77. The predicted molar refractivity (Wildman–Crippen MR) is 72.0 cm³/mol. The van der Waals surface area contributed by atoms with Crippen molar-refractivity contribution in [3.63, 3.8) is 0 Å². The van der Waals surface area contributed by atoms with Gasteiger partial charge in [0.25, 0.3) is 0 Å². The molecule has 76 valence electrons. The van der Waals surface area contributed by atoms with Crippen LogP contribution in [0.1, 0.15) is 26.5 Å². The van der Waals surface area contributed by atoms with Gasteiger partial charge in [0, 0.05) is 9.78 Å². The summed E-state index contributed by atoms with van der Waals surface area (Å²) >= 11 is 5.59. The van der Waals surface area contributed by atoms with E-state index in [-0.39, 0.29) is 5.54 Å². The zero-order valence-electron chi connectivity index (χ0n) is 8.38. The molecular weight excluding hydrogens is 355 g/mol. The van der Waals surface area contributed by atoms with Gasteiger partial charge in [-0.3, -0.25) is 4.99 Å². The molecule has 0 N–H and O–H groups in total. The van der Waals surface area contributed by atoms with Gasteiger partial charge in [0.2, 0.25) is 0 Å². The van der Waals surface area contributed by atoms with Crippen LogP contribution in [0.4, 0.5) is 0 Å². The fourth-order valence-corrected chi connectivity index (χ4v) is 1.54. The maximum Gasteiger partial charge on any atom is 0.106 e. The maximum absolute atomic E-state index is 4.42. The summed E-state index contributed by atoms with van der Waals surface area (Å²) in [6, 6.07) is 3.94. The highest BCUT2D eigenvalue weighted by Crippen LogP contribution is 2.14. The number of aromatic nitrogens is 1. The quantitative estimate of drug-likeness (QED) is 0.423. The van der Waals surface area contributed by atoms with Crippen LogP contribution in [0.3, 0.4) is 0 Å². The number of aliphatic imine (C=N–C) groups is 1. The second kappa shape index (κ2) is 4.70. The first kappa shape index (κ1) is 12.1. The molecule has 0 amide bonds. The van der Waals surface area contributed by atoms with E-state index in [0.717, 1.165) is 13.9 Å². The molecule has 1 aromatic heterocycles. The fourth-order valence-electron chi connectivity index (χ4n) is 0.778. The number of pyridine rings is 1. The van der Waals surface area contributed by atoms with Crippen LogP contribution in [0.5, 0.6) is 0 Å². The molecule has 0 spiro atoms. The normalized spacial score (nSPS) is 12.4. The Balaban J connectivity index is 2.97. The first-order chi connectivity index (χ1) is 6.38. The number of hydrogen-bond donors (Lipinski definition) is 0. The summed E-state index contributed by atoms with van der Waals surface area (Å²) in [5, 5.41) is 0. The first-order valence-electron chi connectivity index (χ1n) is 4.26. The molecule has 0 unspecified atom stereocenters. The molecule has 1 heterocycles. The van der Waals surface area contributed by atoms with Crippen molar-refractivity contribution in [3.05, 3.63) is 26.0 Å². The summed E-state index contributed by atoms with van der Waals surface area (Å²) in [4.78, 5) is 8.75. The van der Waals surface area contributed by atoms with E-state index in [4.69, 9.17) is 0 Å². The lowest BCUT2D eigenvalue weighted by atomic mass is 10.1. The van der Waals surface area contributed by atoms with Crippen LogP contribution in [0.25, 0.3) is 0 Å². The minimum Gasteiger partial charge on any atom is -0.285 e. The van der Waals surface area contributed by atoms with Crippen LogP contribution in [0.15, 0.2) is 21.7 Å². The second-order valence-electron chi connectivity index (χ2n) is 3.93. The standard InChI is InChI=1S/C10H12BrIN2/c1-10(2,3)13-6-8-7(12)4-5-9(11)14-8/h4-6H,1-3H3/b13-6+. The van der Waals surface area contributed by atoms with Gasteiger partial charge >= 0.3 is 0 Å². The van der Waals surface area contributed by atoms with Gasteiger partial charge in [-0.1, -0.05) is 0 Å². The summed E-state index contributed by atoms with van der Waals surface area (Å²) in [5.41, 5.74) is 0.863. The Morgan fingerprint density at radius 2 is 2.07 bits per heavy atom. The molecule has 0 atom stereocenters. The third kappa shape index (κ3) is 4.04. The fraction of sp³-hybridized carbons (Fsp3) is 0.400. The lowest BCUT2D eigenvalue weighted by molar-refractivity contribution is 0.586. The summed E-state index contributed by atoms with van der Waals surface area (Å²) in [7, 11) is 0. The molecule has 0 radical (unpaired) electrons. The van der Waals surface area contributed by atoms with Gasteiger partial charge in [0.05, 0.1) is 11.2 Å². The SMILES string of the molecule is CC(C)(C)/N=C/c1nc(Br)ccc1I. The largest absolute Gasteiger partial charge is 0.285 e. The van der Waals surface area contributed by atoms with E-state index in [1.54, 1.807) is 0 Å². The van der Waals surface area contributed by atoms with Gasteiger partial charge in [-0.2, -0.15) is 0 Å². The lowest BCUT2D eigenvalue weighted by Gasteiger charge is -2.10. The highest BCUT2D eigenvalue weighted by Gasteiger charge is 2.06. The summed E-state index contributed by atoms with van der Waals surface area (Å²) in [5.74, 6) is 0. The number of halogens is 2. The Morgan fingerprint density at radius 3 is 2.64 bits per heavy atom. The average Bonchev–Trinajstić information content (AvgIpc) is 2.05. The van der Waals surface area contributed by atoms with Crippen LogP contribution in [0, 0.1) is 3.57 Å². The Kier molecular flexibility index (Phi) is 4.06. The van der Waals surface area contributed by atoms with Crippen molar-refractivity contribution < 1.29 is 0 Å². The van der Waals surface area contributed by atoms with E-state index in [1.807, 2.05) is 18.3 Å². The molecule has 0 aromatic carbocycles. The molecule has 2 nitrogen and oxygen atoms in total. The number of hydrogen-bond acceptors (Lipinski definition) is 2. The summed E-state index contributed by atoms with van der Waals surface area (Å²) in [6.07, 6.45) is 1.83. The Morgan fingerprint density at radius 1 is 1.43 bits per heavy atom. The zero-order valence-corrected chi connectivity index (χ0v) is 12.1. The van der Waals surface area contributed by atoms with Crippen molar-refractivity contribution in [2.75, 3.05) is 0 Å². The third-order valence-electron chi connectivity index (χ3n) is 1.41. The van der Waals surface area contributed by atoms with Crippen LogP contribution in [-0.4, -0.2) is 16.7 Å². The summed E-state index contributed by atoms with van der Waals surface area (Å²) in [6.45, 7) is 6.19. The van der Waals surface area contributed by atoms with E-state index in [1.165, 1.54) is 0 Å². The number of rotatable bonds is 1. The Labute approximate surface area is 107 Å². The molecular formula is C10H12BrIN2. The van der Waals surface area contributed by atoms with Crippen LogP contribution in [0.2, 0.25) is 0 Å². The topological polar surface area (TPSA) is 25.2 Å². The van der Waals surface area contributed by atoms with Crippen LogP contribution < -0.4 is 0 Å². The van der Waals surface area contributed by atoms with E-state index in [2.05, 4.69) is 69.3 Å². The minimum absolute atomic E-state index is 0.0485. The van der Waals surface area contributed by atoms with Crippen molar-refractivity contribution >= 4 is 44.7 Å². The van der Waals surface area contributed by atoms with E-state index in [0.29, 0.717) is 0 Å². The van der Waals surface area contributed by atoms with Gasteiger partial charge in [0.15, 0.2) is 0 Å². The van der Waals surface area contributed by atoms with Gasteiger partial charge in [-0.25, -0.2) is 4.98 Å². The van der Waals surface area contributed by atoms with Crippen molar-refractivity contribution in [1.82, 2.24) is 4.98 Å². The van der Waals surface area contributed by atoms with Gasteiger partial charge in [0.1, 0.15) is 4.60 Å². The number of nitrogens with zero attached hydrogens (tertiary/aromatic N) is 2. The molecule has 1 aromatic rings. The van der Waals surface area contributed by atoms with Crippen molar-refractivity contribution in [1.29, 1.82) is 0 Å².